The summed E-state index contributed by atoms with van der Waals surface area (Å²) in [5.74, 6) is 1.36. The van der Waals surface area contributed by atoms with Crippen LogP contribution in [0.1, 0.15) is 55.0 Å². The fraction of sp³-hybridized carbons (Fsp3) is 0.250. The van der Waals surface area contributed by atoms with Crippen LogP contribution < -0.4 is 10.3 Å². The van der Waals surface area contributed by atoms with Crippen LogP contribution in [0.2, 0.25) is 0 Å². The molecule has 0 unspecified atom stereocenters. The molecular weight excluding hydrogens is 509 g/mol. The molecule has 5 rings (SSSR count). The summed E-state index contributed by atoms with van der Waals surface area (Å²) in [5, 5.41) is 5.16. The number of ether oxygens (including phenoxy) is 1. The summed E-state index contributed by atoms with van der Waals surface area (Å²) in [7, 11) is 0. The number of para-hydroxylation sites is 1. The minimum atomic E-state index is -0.272. The zero-order chi connectivity index (χ0) is 24.2. The lowest BCUT2D eigenvalue weighted by Gasteiger charge is -2.22. The van der Waals surface area contributed by atoms with Crippen molar-refractivity contribution in [3.8, 4) is 5.75 Å². The molecule has 35 heavy (non-hydrogen) atoms. The van der Waals surface area contributed by atoms with Crippen molar-refractivity contribution in [3.63, 3.8) is 0 Å². The zero-order valence-electron chi connectivity index (χ0n) is 19.2. The predicted octanol–water partition coefficient (Wildman–Crippen LogP) is 6.81. The summed E-state index contributed by atoms with van der Waals surface area (Å²) >= 11 is 3.56. The van der Waals surface area contributed by atoms with Crippen LogP contribution in [-0.4, -0.2) is 15.9 Å². The van der Waals surface area contributed by atoms with Gasteiger partial charge in [-0.15, -0.1) is 0 Å². The topological polar surface area (TPSA) is 56.5 Å². The molecule has 1 aliphatic rings. The highest BCUT2D eigenvalue weighted by molar-refractivity contribution is 9.10. The molecule has 0 spiro atoms. The van der Waals surface area contributed by atoms with E-state index in [4.69, 9.17) is 9.72 Å². The molecule has 7 heteroatoms. The van der Waals surface area contributed by atoms with Gasteiger partial charge >= 0.3 is 0 Å². The summed E-state index contributed by atoms with van der Waals surface area (Å²) in [6.07, 6.45) is 7.23. The highest BCUT2D eigenvalue weighted by Crippen LogP contribution is 2.32. The molecule has 1 aliphatic carbocycles. The Hall–Kier alpha value is -3.32. The molecule has 1 aromatic heterocycles. The molecule has 0 atom stereocenters. The summed E-state index contributed by atoms with van der Waals surface area (Å²) in [6.45, 7) is 0.329. The molecular formula is C28H25BrFN3O2. The quantitative estimate of drug-likeness (QED) is 0.256. The maximum Gasteiger partial charge on any atom is 0.282 e. The number of benzene rings is 3. The Morgan fingerprint density at radius 2 is 1.83 bits per heavy atom. The number of nitrogens with zero attached hydrogens (tertiary/aromatic N) is 3. The van der Waals surface area contributed by atoms with Gasteiger partial charge in [-0.05, 0) is 82.4 Å². The van der Waals surface area contributed by atoms with Crippen LogP contribution in [0.25, 0.3) is 10.9 Å². The van der Waals surface area contributed by atoms with Crippen LogP contribution in [0, 0.1) is 5.82 Å². The van der Waals surface area contributed by atoms with E-state index in [-0.39, 0.29) is 17.3 Å². The van der Waals surface area contributed by atoms with Gasteiger partial charge in [0.05, 0.1) is 21.6 Å². The molecule has 4 aromatic rings. The average molecular weight is 534 g/mol. The first-order valence-corrected chi connectivity index (χ1v) is 12.6. The van der Waals surface area contributed by atoms with E-state index in [1.165, 1.54) is 23.2 Å². The SMILES string of the molecule is O=c1c2ccccc2nc(C2CCCCC2)n1N=Cc1ccc(OCc2ccc(F)cc2)c(Br)c1. The van der Waals surface area contributed by atoms with Crippen molar-refractivity contribution in [2.24, 2.45) is 5.10 Å². The molecule has 0 aliphatic heterocycles. The molecule has 5 nitrogen and oxygen atoms in total. The van der Waals surface area contributed by atoms with Gasteiger partial charge in [0.2, 0.25) is 0 Å². The van der Waals surface area contributed by atoms with Crippen molar-refractivity contribution in [3.05, 3.63) is 104 Å². The maximum atomic E-state index is 13.3. The Kier molecular flexibility index (Phi) is 7.04. The van der Waals surface area contributed by atoms with Gasteiger partial charge in [0.15, 0.2) is 0 Å². The zero-order valence-corrected chi connectivity index (χ0v) is 20.7. The summed E-state index contributed by atoms with van der Waals surface area (Å²) in [5.41, 5.74) is 2.27. The van der Waals surface area contributed by atoms with Crippen molar-refractivity contribution < 1.29 is 9.13 Å². The van der Waals surface area contributed by atoms with E-state index in [0.29, 0.717) is 17.7 Å². The van der Waals surface area contributed by atoms with Gasteiger partial charge < -0.3 is 4.74 Å². The Morgan fingerprint density at radius 1 is 1.06 bits per heavy atom. The lowest BCUT2D eigenvalue weighted by Crippen LogP contribution is -2.25. The van der Waals surface area contributed by atoms with Crippen LogP contribution in [0.5, 0.6) is 5.75 Å². The number of rotatable bonds is 6. The lowest BCUT2D eigenvalue weighted by molar-refractivity contribution is 0.304. The van der Waals surface area contributed by atoms with Gasteiger partial charge in [-0.25, -0.2) is 9.37 Å². The van der Waals surface area contributed by atoms with Crippen LogP contribution in [-0.2, 0) is 6.61 Å². The van der Waals surface area contributed by atoms with E-state index in [9.17, 15) is 9.18 Å². The van der Waals surface area contributed by atoms with E-state index >= 15 is 0 Å². The largest absolute Gasteiger partial charge is 0.488 e. The molecule has 0 amide bonds. The summed E-state index contributed by atoms with van der Waals surface area (Å²) < 4.78 is 21.2. The summed E-state index contributed by atoms with van der Waals surface area (Å²) in [4.78, 5) is 18.2. The van der Waals surface area contributed by atoms with Gasteiger partial charge in [-0.2, -0.15) is 9.78 Å². The predicted molar refractivity (Wildman–Crippen MR) is 140 cm³/mol. The third kappa shape index (κ3) is 5.35. The van der Waals surface area contributed by atoms with E-state index in [0.717, 1.165) is 52.6 Å². The summed E-state index contributed by atoms with van der Waals surface area (Å²) in [6, 6.07) is 19.3. The van der Waals surface area contributed by atoms with Gasteiger partial charge in [0.1, 0.15) is 24.0 Å². The third-order valence-electron chi connectivity index (χ3n) is 6.33. The number of fused-ring (bicyclic) bond motifs is 1. The van der Waals surface area contributed by atoms with Crippen molar-refractivity contribution in [2.45, 2.75) is 44.6 Å². The van der Waals surface area contributed by atoms with Crippen molar-refractivity contribution >= 4 is 33.0 Å². The molecule has 0 saturated heterocycles. The van der Waals surface area contributed by atoms with Crippen LogP contribution in [0.15, 0.2) is 81.1 Å². The second-order valence-corrected chi connectivity index (χ2v) is 9.64. The second kappa shape index (κ2) is 10.5. The first kappa shape index (κ1) is 23.4. The molecule has 1 heterocycles. The number of halogens is 2. The fourth-order valence-electron chi connectivity index (χ4n) is 4.46. The molecule has 1 fully saturated rings. The van der Waals surface area contributed by atoms with Crippen LogP contribution in [0.3, 0.4) is 0 Å². The number of aromatic nitrogens is 2. The molecule has 0 bridgehead atoms. The van der Waals surface area contributed by atoms with E-state index < -0.39 is 0 Å². The molecule has 178 valence electrons. The Balaban J connectivity index is 1.41. The first-order valence-electron chi connectivity index (χ1n) is 11.8. The van der Waals surface area contributed by atoms with Crippen LogP contribution >= 0.6 is 15.9 Å². The highest BCUT2D eigenvalue weighted by Gasteiger charge is 2.22. The first-order chi connectivity index (χ1) is 17.1. The van der Waals surface area contributed by atoms with Gasteiger partial charge in [0.25, 0.3) is 5.56 Å². The van der Waals surface area contributed by atoms with Gasteiger partial charge in [-0.3, -0.25) is 4.79 Å². The smallest absolute Gasteiger partial charge is 0.282 e. The number of hydrogen-bond donors (Lipinski definition) is 0. The highest BCUT2D eigenvalue weighted by atomic mass is 79.9. The van der Waals surface area contributed by atoms with E-state index in [2.05, 4.69) is 21.0 Å². The molecule has 0 N–H and O–H groups in total. The van der Waals surface area contributed by atoms with E-state index in [1.54, 1.807) is 24.4 Å². The van der Waals surface area contributed by atoms with E-state index in [1.807, 2.05) is 36.4 Å². The normalized spacial score (nSPS) is 14.6. The van der Waals surface area contributed by atoms with Crippen molar-refractivity contribution in [2.75, 3.05) is 0 Å². The van der Waals surface area contributed by atoms with Crippen molar-refractivity contribution in [1.82, 2.24) is 9.66 Å². The van der Waals surface area contributed by atoms with Crippen molar-refractivity contribution in [1.29, 1.82) is 0 Å². The van der Waals surface area contributed by atoms with Gasteiger partial charge in [0, 0.05) is 5.92 Å². The average Bonchev–Trinajstić information content (AvgIpc) is 2.89. The fourth-order valence-corrected chi connectivity index (χ4v) is 4.97. The van der Waals surface area contributed by atoms with Gasteiger partial charge in [-0.1, -0.05) is 43.5 Å². The molecule has 1 saturated carbocycles. The number of hydrogen-bond acceptors (Lipinski definition) is 4. The Labute approximate surface area is 211 Å². The minimum Gasteiger partial charge on any atom is -0.488 e. The standard InChI is InChI=1S/C28H25BrFN3O2/c29-24-16-20(12-15-26(24)35-18-19-10-13-22(30)14-11-19)17-31-33-27(21-6-2-1-3-7-21)32-25-9-5-4-8-23(25)28(33)34/h4-5,8-17,21H,1-3,6-7,18H2. The maximum absolute atomic E-state index is 13.3. The molecule has 0 radical (unpaired) electrons. The Morgan fingerprint density at radius 3 is 2.60 bits per heavy atom. The third-order valence-corrected chi connectivity index (χ3v) is 6.95. The molecule has 3 aromatic carbocycles. The monoisotopic (exact) mass is 533 g/mol. The lowest BCUT2D eigenvalue weighted by atomic mass is 9.88. The minimum absolute atomic E-state index is 0.147. The Bertz CT molecular complexity index is 1430. The second-order valence-electron chi connectivity index (χ2n) is 8.79. The van der Waals surface area contributed by atoms with Crippen LogP contribution in [0.4, 0.5) is 4.39 Å².